The maximum Gasteiger partial charge on any atom is 0.422 e. The van der Waals surface area contributed by atoms with Crippen LogP contribution in [0.3, 0.4) is 0 Å². The molecule has 0 aromatic heterocycles. The van der Waals surface area contributed by atoms with Gasteiger partial charge in [-0.1, -0.05) is 23.7 Å². The summed E-state index contributed by atoms with van der Waals surface area (Å²) in [5.74, 6) is -0.312. The molecule has 2 aromatic carbocycles. The number of carbonyl (C=O) groups is 1. The lowest BCUT2D eigenvalue weighted by molar-refractivity contribution is -0.153. The van der Waals surface area contributed by atoms with Crippen LogP contribution in [0.4, 0.5) is 13.2 Å². The number of hydrogen-bond donors (Lipinski definition) is 1. The molecule has 4 nitrogen and oxygen atoms in total. The normalized spacial score (nSPS) is 11.2. The molecule has 1 amide bonds. The lowest BCUT2D eigenvalue weighted by atomic mass is 10.2. The zero-order valence-corrected chi connectivity index (χ0v) is 13.0. The van der Waals surface area contributed by atoms with E-state index >= 15 is 0 Å². The predicted molar refractivity (Wildman–Crippen MR) is 82.3 cm³/mol. The molecule has 0 aliphatic carbocycles. The van der Waals surface area contributed by atoms with Crippen molar-refractivity contribution in [3.05, 3.63) is 58.6 Å². The lowest BCUT2D eigenvalue weighted by Crippen LogP contribution is -2.19. The fraction of sp³-hybridized carbons (Fsp3) is 0.188. The predicted octanol–water partition coefficient (Wildman–Crippen LogP) is 3.96. The van der Waals surface area contributed by atoms with E-state index in [1.807, 2.05) is 0 Å². The van der Waals surface area contributed by atoms with Crippen molar-refractivity contribution in [2.45, 2.75) is 12.8 Å². The van der Waals surface area contributed by atoms with Gasteiger partial charge in [0.15, 0.2) is 6.61 Å². The second-order valence-corrected chi connectivity index (χ2v) is 5.28. The first-order chi connectivity index (χ1) is 11.2. The first-order valence-electron chi connectivity index (χ1n) is 6.75. The summed E-state index contributed by atoms with van der Waals surface area (Å²) < 4.78 is 46.3. The van der Waals surface area contributed by atoms with Gasteiger partial charge in [0.2, 0.25) is 0 Å². The van der Waals surface area contributed by atoms with Crippen LogP contribution in [0.5, 0.6) is 11.5 Å². The SMILES string of the molecule is NC(=O)c1cc(Cl)ccc1OCc1ccc(OCC(F)(F)F)cc1. The highest BCUT2D eigenvalue weighted by Gasteiger charge is 2.28. The summed E-state index contributed by atoms with van der Waals surface area (Å²) in [7, 11) is 0. The Hall–Kier alpha value is -2.41. The van der Waals surface area contributed by atoms with Gasteiger partial charge in [0.05, 0.1) is 5.56 Å². The van der Waals surface area contributed by atoms with E-state index in [1.165, 1.54) is 24.3 Å². The van der Waals surface area contributed by atoms with E-state index in [2.05, 4.69) is 4.74 Å². The average Bonchev–Trinajstić information content (AvgIpc) is 2.52. The van der Waals surface area contributed by atoms with Crippen LogP contribution in [-0.2, 0) is 6.61 Å². The van der Waals surface area contributed by atoms with Gasteiger partial charge in [-0.15, -0.1) is 0 Å². The summed E-state index contributed by atoms with van der Waals surface area (Å²) in [6.07, 6.45) is -4.39. The number of primary amides is 1. The van der Waals surface area contributed by atoms with Crippen LogP contribution in [0.2, 0.25) is 5.02 Å². The summed E-state index contributed by atoms with van der Waals surface area (Å²) >= 11 is 5.80. The number of ether oxygens (including phenoxy) is 2. The highest BCUT2D eigenvalue weighted by Crippen LogP contribution is 2.24. The van der Waals surface area contributed by atoms with E-state index in [0.29, 0.717) is 10.6 Å². The molecule has 0 bridgehead atoms. The van der Waals surface area contributed by atoms with Crippen molar-refractivity contribution >= 4 is 17.5 Å². The number of hydrogen-bond acceptors (Lipinski definition) is 3. The third-order valence-corrected chi connectivity index (χ3v) is 3.16. The molecular weight excluding hydrogens is 347 g/mol. The summed E-state index contributed by atoms with van der Waals surface area (Å²) in [6.45, 7) is -1.25. The van der Waals surface area contributed by atoms with Gasteiger partial charge in [-0.3, -0.25) is 4.79 Å². The maximum atomic E-state index is 12.1. The minimum Gasteiger partial charge on any atom is -0.488 e. The van der Waals surface area contributed by atoms with Crippen molar-refractivity contribution < 1.29 is 27.4 Å². The number of nitrogens with two attached hydrogens (primary N) is 1. The van der Waals surface area contributed by atoms with E-state index in [4.69, 9.17) is 22.1 Å². The number of rotatable bonds is 6. The van der Waals surface area contributed by atoms with Gasteiger partial charge in [-0.05, 0) is 35.9 Å². The molecule has 0 aliphatic rings. The highest BCUT2D eigenvalue weighted by molar-refractivity contribution is 6.31. The Morgan fingerprint density at radius 3 is 2.33 bits per heavy atom. The molecule has 0 unspecified atom stereocenters. The number of amides is 1. The van der Waals surface area contributed by atoms with Crippen LogP contribution >= 0.6 is 11.6 Å². The quantitative estimate of drug-likeness (QED) is 0.849. The second-order valence-electron chi connectivity index (χ2n) is 4.84. The molecule has 2 aromatic rings. The fourth-order valence-electron chi connectivity index (χ4n) is 1.83. The Morgan fingerprint density at radius 1 is 1.08 bits per heavy atom. The molecule has 24 heavy (non-hydrogen) atoms. The van der Waals surface area contributed by atoms with Crippen LogP contribution in [0.25, 0.3) is 0 Å². The van der Waals surface area contributed by atoms with E-state index in [9.17, 15) is 18.0 Å². The van der Waals surface area contributed by atoms with Crippen molar-refractivity contribution in [1.82, 2.24) is 0 Å². The molecule has 0 spiro atoms. The van der Waals surface area contributed by atoms with Crippen molar-refractivity contribution in [2.75, 3.05) is 6.61 Å². The van der Waals surface area contributed by atoms with Crippen LogP contribution in [-0.4, -0.2) is 18.7 Å². The van der Waals surface area contributed by atoms with Crippen LogP contribution < -0.4 is 15.2 Å². The van der Waals surface area contributed by atoms with Crippen LogP contribution in [0, 0.1) is 0 Å². The minimum absolute atomic E-state index is 0.0976. The molecule has 0 aliphatic heterocycles. The van der Waals surface area contributed by atoms with E-state index in [-0.39, 0.29) is 23.7 Å². The number of carbonyl (C=O) groups excluding carboxylic acids is 1. The number of halogens is 4. The minimum atomic E-state index is -4.39. The third-order valence-electron chi connectivity index (χ3n) is 2.93. The number of alkyl halides is 3. The van der Waals surface area contributed by atoms with E-state index in [1.54, 1.807) is 18.2 Å². The Morgan fingerprint density at radius 2 is 1.75 bits per heavy atom. The van der Waals surface area contributed by atoms with Crippen LogP contribution in [0.15, 0.2) is 42.5 Å². The van der Waals surface area contributed by atoms with Crippen molar-refractivity contribution in [2.24, 2.45) is 5.73 Å². The first-order valence-corrected chi connectivity index (χ1v) is 7.13. The Balaban J connectivity index is 1.99. The average molecular weight is 360 g/mol. The standard InChI is InChI=1S/C16H13ClF3NO3/c17-11-3-6-14(13(7-11)15(21)22)23-8-10-1-4-12(5-2-10)24-9-16(18,19)20/h1-7H,8-9H2,(H2,21,22). The monoisotopic (exact) mass is 359 g/mol. The number of benzene rings is 2. The van der Waals surface area contributed by atoms with Crippen molar-refractivity contribution in [3.63, 3.8) is 0 Å². The second kappa shape index (κ2) is 7.44. The van der Waals surface area contributed by atoms with Gasteiger partial charge >= 0.3 is 6.18 Å². The maximum absolute atomic E-state index is 12.1. The summed E-state index contributed by atoms with van der Waals surface area (Å²) in [6, 6.07) is 10.4. The van der Waals surface area contributed by atoms with Gasteiger partial charge in [-0.25, -0.2) is 0 Å². The molecule has 0 fully saturated rings. The van der Waals surface area contributed by atoms with Gasteiger partial charge in [0.1, 0.15) is 18.1 Å². The first kappa shape index (κ1) is 17.9. The molecule has 0 saturated heterocycles. The summed E-state index contributed by atoms with van der Waals surface area (Å²) in [5, 5.41) is 0.349. The summed E-state index contributed by atoms with van der Waals surface area (Å²) in [5.41, 5.74) is 6.08. The van der Waals surface area contributed by atoms with Crippen molar-refractivity contribution in [3.8, 4) is 11.5 Å². The molecule has 0 atom stereocenters. The van der Waals surface area contributed by atoms with Crippen molar-refractivity contribution in [1.29, 1.82) is 0 Å². The van der Waals surface area contributed by atoms with Gasteiger partial charge in [-0.2, -0.15) is 13.2 Å². The van der Waals surface area contributed by atoms with Gasteiger partial charge in [0.25, 0.3) is 5.91 Å². The Labute approximate surface area is 140 Å². The van der Waals surface area contributed by atoms with E-state index in [0.717, 1.165) is 0 Å². The third kappa shape index (κ3) is 5.34. The van der Waals surface area contributed by atoms with Gasteiger partial charge in [0, 0.05) is 5.02 Å². The fourth-order valence-corrected chi connectivity index (χ4v) is 2.00. The van der Waals surface area contributed by atoms with Crippen LogP contribution in [0.1, 0.15) is 15.9 Å². The molecular formula is C16H13ClF3NO3. The zero-order valence-electron chi connectivity index (χ0n) is 12.3. The lowest BCUT2D eigenvalue weighted by Gasteiger charge is -2.11. The summed E-state index contributed by atoms with van der Waals surface area (Å²) in [4.78, 5) is 11.4. The molecule has 2 N–H and O–H groups in total. The molecule has 0 radical (unpaired) electrons. The molecule has 8 heteroatoms. The highest BCUT2D eigenvalue weighted by atomic mass is 35.5. The smallest absolute Gasteiger partial charge is 0.422 e. The largest absolute Gasteiger partial charge is 0.488 e. The van der Waals surface area contributed by atoms with Gasteiger partial charge < -0.3 is 15.2 Å². The topological polar surface area (TPSA) is 61.6 Å². The Kier molecular flexibility index (Phi) is 5.56. The molecule has 0 saturated carbocycles. The molecule has 0 heterocycles. The Bertz CT molecular complexity index is 717. The van der Waals surface area contributed by atoms with E-state index < -0.39 is 18.7 Å². The zero-order chi connectivity index (χ0) is 17.7. The molecule has 128 valence electrons. The molecule has 2 rings (SSSR count).